The molecule has 0 spiro atoms. The number of rotatable bonds is 2. The van der Waals surface area contributed by atoms with Gasteiger partial charge in [-0.3, -0.25) is 0 Å². The van der Waals surface area contributed by atoms with Crippen molar-refractivity contribution in [3.63, 3.8) is 0 Å². The van der Waals surface area contributed by atoms with Crippen LogP contribution in [0.4, 0.5) is 0 Å². The Balaban J connectivity index is 2.80. The Bertz CT molecular complexity index is 168. The Kier molecular flexibility index (Phi) is 2.29. The van der Waals surface area contributed by atoms with E-state index < -0.39 is 0 Å². The maximum absolute atomic E-state index is 8.20. The Labute approximate surface area is 60.0 Å². The first-order chi connectivity index (χ1) is 4.86. The smallest absolute Gasteiger partial charge is 0.165 e. The summed E-state index contributed by atoms with van der Waals surface area (Å²) in [5.41, 5.74) is 1.24. The first kappa shape index (κ1) is 7.09. The summed E-state index contributed by atoms with van der Waals surface area (Å²) in [5, 5.41) is 8.20. The van der Waals surface area contributed by atoms with Crippen LogP contribution in [0.15, 0.2) is 24.3 Å². The molecule has 0 fully saturated rings. The summed E-state index contributed by atoms with van der Waals surface area (Å²) < 4.78 is 0. The van der Waals surface area contributed by atoms with Crippen LogP contribution < -0.4 is 4.89 Å². The molecule has 0 heterocycles. The Hall–Kier alpha value is -1.02. The van der Waals surface area contributed by atoms with Crippen molar-refractivity contribution in [3.8, 4) is 5.75 Å². The Morgan fingerprint density at radius 1 is 1.30 bits per heavy atom. The van der Waals surface area contributed by atoms with E-state index in [9.17, 15) is 0 Å². The molecular formula is C8H10O2. The van der Waals surface area contributed by atoms with Crippen LogP contribution in [0.1, 0.15) is 12.5 Å². The summed E-state index contributed by atoms with van der Waals surface area (Å²) in [6, 6.07) is 7.31. The topological polar surface area (TPSA) is 29.5 Å². The SMILES string of the molecule is CCc1ccc(OO)cc1. The van der Waals surface area contributed by atoms with E-state index >= 15 is 0 Å². The predicted octanol–water partition coefficient (Wildman–Crippen LogP) is 2.10. The second kappa shape index (κ2) is 3.22. The largest absolute Gasteiger partial charge is 0.340 e. The van der Waals surface area contributed by atoms with Gasteiger partial charge in [-0.1, -0.05) is 19.1 Å². The van der Waals surface area contributed by atoms with Gasteiger partial charge in [-0.25, -0.2) is 5.26 Å². The lowest BCUT2D eigenvalue weighted by atomic mass is 10.2. The summed E-state index contributed by atoms with van der Waals surface area (Å²) in [6.45, 7) is 2.08. The first-order valence-electron chi connectivity index (χ1n) is 3.27. The van der Waals surface area contributed by atoms with E-state index in [0.717, 1.165) is 6.42 Å². The fourth-order valence-electron chi connectivity index (χ4n) is 0.786. The van der Waals surface area contributed by atoms with E-state index in [0.29, 0.717) is 5.75 Å². The molecule has 0 aromatic heterocycles. The van der Waals surface area contributed by atoms with Gasteiger partial charge in [-0.05, 0) is 24.1 Å². The molecule has 1 aromatic carbocycles. The molecule has 2 heteroatoms. The molecular weight excluding hydrogens is 128 g/mol. The van der Waals surface area contributed by atoms with Crippen LogP contribution in [0.25, 0.3) is 0 Å². The van der Waals surface area contributed by atoms with Gasteiger partial charge >= 0.3 is 0 Å². The van der Waals surface area contributed by atoms with E-state index in [2.05, 4.69) is 11.8 Å². The molecule has 54 valence electrons. The molecule has 1 rings (SSSR count). The molecule has 0 saturated heterocycles. The fourth-order valence-corrected chi connectivity index (χ4v) is 0.786. The van der Waals surface area contributed by atoms with E-state index in [4.69, 9.17) is 5.26 Å². The molecule has 0 bridgehead atoms. The Morgan fingerprint density at radius 2 is 1.90 bits per heavy atom. The summed E-state index contributed by atoms with van der Waals surface area (Å²) in [7, 11) is 0. The summed E-state index contributed by atoms with van der Waals surface area (Å²) >= 11 is 0. The van der Waals surface area contributed by atoms with E-state index in [1.165, 1.54) is 5.56 Å². The molecule has 0 amide bonds. The lowest BCUT2D eigenvalue weighted by Gasteiger charge is -1.96. The third kappa shape index (κ3) is 1.48. The molecule has 2 nitrogen and oxygen atoms in total. The summed E-state index contributed by atoms with van der Waals surface area (Å²) in [5.74, 6) is 0.484. The highest BCUT2D eigenvalue weighted by atomic mass is 17.1. The van der Waals surface area contributed by atoms with Crippen molar-refractivity contribution >= 4 is 0 Å². The standard InChI is InChI=1S/C8H10O2/c1-2-7-3-5-8(10-9)6-4-7/h3-6,9H,2H2,1H3. The molecule has 0 radical (unpaired) electrons. The van der Waals surface area contributed by atoms with E-state index in [1.54, 1.807) is 12.1 Å². The molecule has 1 aromatic rings. The van der Waals surface area contributed by atoms with Crippen molar-refractivity contribution in [2.75, 3.05) is 0 Å². The average molecular weight is 138 g/mol. The minimum Gasteiger partial charge on any atom is -0.340 e. The lowest BCUT2D eigenvalue weighted by molar-refractivity contribution is -0.137. The maximum atomic E-state index is 8.20. The van der Waals surface area contributed by atoms with Gasteiger partial charge in [0.25, 0.3) is 0 Å². The zero-order valence-corrected chi connectivity index (χ0v) is 5.87. The highest BCUT2D eigenvalue weighted by molar-refractivity contribution is 5.26. The number of hydrogen-bond acceptors (Lipinski definition) is 2. The van der Waals surface area contributed by atoms with Crippen LogP contribution in [-0.2, 0) is 6.42 Å². The van der Waals surface area contributed by atoms with Crippen molar-refractivity contribution in [1.29, 1.82) is 0 Å². The van der Waals surface area contributed by atoms with Crippen LogP contribution in [0.2, 0.25) is 0 Å². The zero-order valence-electron chi connectivity index (χ0n) is 5.87. The lowest BCUT2D eigenvalue weighted by Crippen LogP contribution is -1.84. The van der Waals surface area contributed by atoms with Crippen molar-refractivity contribution in [1.82, 2.24) is 0 Å². The van der Waals surface area contributed by atoms with Crippen LogP contribution in [-0.4, -0.2) is 5.26 Å². The number of aryl methyl sites for hydroxylation is 1. The van der Waals surface area contributed by atoms with Gasteiger partial charge in [0.1, 0.15) is 0 Å². The first-order valence-corrected chi connectivity index (χ1v) is 3.27. The third-order valence-electron chi connectivity index (χ3n) is 1.44. The molecule has 0 aliphatic carbocycles. The van der Waals surface area contributed by atoms with Gasteiger partial charge in [0.05, 0.1) is 0 Å². The van der Waals surface area contributed by atoms with E-state index in [1.807, 2.05) is 12.1 Å². The normalized spacial score (nSPS) is 9.40. The predicted molar refractivity (Wildman–Crippen MR) is 39.1 cm³/mol. The van der Waals surface area contributed by atoms with Crippen molar-refractivity contribution < 1.29 is 10.1 Å². The van der Waals surface area contributed by atoms with Crippen molar-refractivity contribution in [2.24, 2.45) is 0 Å². The van der Waals surface area contributed by atoms with Gasteiger partial charge in [0.2, 0.25) is 0 Å². The fraction of sp³-hybridized carbons (Fsp3) is 0.250. The third-order valence-corrected chi connectivity index (χ3v) is 1.44. The van der Waals surface area contributed by atoms with Crippen LogP contribution in [0, 0.1) is 0 Å². The molecule has 10 heavy (non-hydrogen) atoms. The highest BCUT2D eigenvalue weighted by Gasteiger charge is 1.90. The Morgan fingerprint density at radius 3 is 2.30 bits per heavy atom. The molecule has 0 saturated carbocycles. The van der Waals surface area contributed by atoms with Crippen LogP contribution in [0.3, 0.4) is 0 Å². The van der Waals surface area contributed by atoms with Crippen LogP contribution in [0.5, 0.6) is 5.75 Å². The van der Waals surface area contributed by atoms with Crippen LogP contribution >= 0.6 is 0 Å². The van der Waals surface area contributed by atoms with Gasteiger partial charge in [0.15, 0.2) is 5.75 Å². The molecule has 0 aliphatic heterocycles. The zero-order chi connectivity index (χ0) is 7.40. The minimum absolute atomic E-state index is 0.484. The van der Waals surface area contributed by atoms with Gasteiger partial charge in [-0.15, -0.1) is 0 Å². The van der Waals surface area contributed by atoms with Gasteiger partial charge in [-0.2, -0.15) is 0 Å². The highest BCUT2D eigenvalue weighted by Crippen LogP contribution is 2.10. The summed E-state index contributed by atoms with van der Waals surface area (Å²) in [6.07, 6.45) is 1.01. The number of benzene rings is 1. The molecule has 0 atom stereocenters. The van der Waals surface area contributed by atoms with E-state index in [-0.39, 0.29) is 0 Å². The van der Waals surface area contributed by atoms with Crippen molar-refractivity contribution in [3.05, 3.63) is 29.8 Å². The average Bonchev–Trinajstić information content (AvgIpc) is 2.05. The second-order valence-corrected chi connectivity index (χ2v) is 2.09. The molecule has 1 N–H and O–H groups in total. The number of hydrogen-bond donors (Lipinski definition) is 1. The minimum atomic E-state index is 0.484. The van der Waals surface area contributed by atoms with Crippen molar-refractivity contribution in [2.45, 2.75) is 13.3 Å². The molecule has 0 aliphatic rings. The monoisotopic (exact) mass is 138 g/mol. The molecule has 0 unspecified atom stereocenters. The van der Waals surface area contributed by atoms with Gasteiger partial charge in [0, 0.05) is 0 Å². The van der Waals surface area contributed by atoms with Gasteiger partial charge < -0.3 is 4.89 Å². The second-order valence-electron chi connectivity index (χ2n) is 2.09. The summed E-state index contributed by atoms with van der Waals surface area (Å²) in [4.78, 5) is 4.01. The quantitative estimate of drug-likeness (QED) is 0.501. The maximum Gasteiger partial charge on any atom is 0.165 e.